The number of nitrogens with zero attached hydrogens (tertiary/aromatic N) is 1. The summed E-state index contributed by atoms with van der Waals surface area (Å²) in [5.74, 6) is -0.255. The third-order valence-electron chi connectivity index (χ3n) is 2.88. The highest BCUT2D eigenvalue weighted by Crippen LogP contribution is 2.13. The molecular formula is C12H17ClN2O2. The Morgan fingerprint density at radius 2 is 2.18 bits per heavy atom. The number of hydrogen-bond acceptors (Lipinski definition) is 3. The van der Waals surface area contributed by atoms with Crippen molar-refractivity contribution in [1.29, 1.82) is 0 Å². The van der Waals surface area contributed by atoms with Gasteiger partial charge in [-0.3, -0.25) is 4.79 Å². The molecule has 0 atom stereocenters. The van der Waals surface area contributed by atoms with Crippen LogP contribution in [0.4, 0.5) is 0 Å². The highest BCUT2D eigenvalue weighted by atomic mass is 35.5. The number of rotatable bonds is 5. The average Bonchev–Trinajstić information content (AvgIpc) is 2.35. The summed E-state index contributed by atoms with van der Waals surface area (Å²) in [5.41, 5.74) is -0.397. The molecule has 0 bridgehead atoms. The van der Waals surface area contributed by atoms with Crippen molar-refractivity contribution < 1.29 is 9.90 Å². The van der Waals surface area contributed by atoms with Gasteiger partial charge in [0.25, 0.3) is 5.91 Å². The van der Waals surface area contributed by atoms with Crippen molar-refractivity contribution in [3.05, 3.63) is 29.0 Å². The summed E-state index contributed by atoms with van der Waals surface area (Å²) in [6, 6.07) is 3.08. The average molecular weight is 257 g/mol. The topological polar surface area (TPSA) is 62.2 Å². The molecule has 0 spiro atoms. The molecule has 0 aromatic carbocycles. The highest BCUT2D eigenvalue weighted by molar-refractivity contribution is 6.29. The molecule has 94 valence electrons. The summed E-state index contributed by atoms with van der Waals surface area (Å²) >= 11 is 5.69. The van der Waals surface area contributed by atoms with E-state index in [4.69, 9.17) is 11.6 Å². The first kappa shape index (κ1) is 13.9. The number of halogens is 1. The van der Waals surface area contributed by atoms with E-state index in [1.165, 1.54) is 12.3 Å². The second kappa shape index (κ2) is 5.98. The molecule has 17 heavy (non-hydrogen) atoms. The lowest BCUT2D eigenvalue weighted by Crippen LogP contribution is -2.42. The summed E-state index contributed by atoms with van der Waals surface area (Å²) in [4.78, 5) is 15.6. The van der Waals surface area contributed by atoms with Crippen molar-refractivity contribution in [3.63, 3.8) is 0 Å². The van der Waals surface area contributed by atoms with Gasteiger partial charge in [-0.15, -0.1) is 0 Å². The van der Waals surface area contributed by atoms with E-state index < -0.39 is 5.60 Å². The minimum Gasteiger partial charge on any atom is -0.388 e. The van der Waals surface area contributed by atoms with Crippen LogP contribution >= 0.6 is 11.6 Å². The molecule has 0 aliphatic carbocycles. The van der Waals surface area contributed by atoms with E-state index in [9.17, 15) is 9.90 Å². The normalized spacial score (nSPS) is 11.3. The van der Waals surface area contributed by atoms with Crippen molar-refractivity contribution in [1.82, 2.24) is 10.3 Å². The van der Waals surface area contributed by atoms with E-state index in [1.54, 1.807) is 6.07 Å². The van der Waals surface area contributed by atoms with E-state index in [0.29, 0.717) is 18.4 Å². The first-order valence-corrected chi connectivity index (χ1v) is 6.00. The molecule has 0 saturated carbocycles. The monoisotopic (exact) mass is 256 g/mol. The zero-order chi connectivity index (χ0) is 12.9. The van der Waals surface area contributed by atoms with Crippen LogP contribution in [0.1, 0.15) is 37.0 Å². The molecule has 1 amide bonds. The maximum atomic E-state index is 11.8. The van der Waals surface area contributed by atoms with Crippen LogP contribution in [-0.2, 0) is 0 Å². The predicted molar refractivity (Wildman–Crippen MR) is 67.1 cm³/mol. The van der Waals surface area contributed by atoms with Crippen LogP contribution in [0.15, 0.2) is 18.3 Å². The number of aromatic nitrogens is 1. The van der Waals surface area contributed by atoms with Crippen molar-refractivity contribution in [2.45, 2.75) is 32.3 Å². The van der Waals surface area contributed by atoms with Gasteiger partial charge in [0.1, 0.15) is 5.15 Å². The predicted octanol–water partition coefficient (Wildman–Crippen LogP) is 2.02. The fourth-order valence-electron chi connectivity index (χ4n) is 1.39. The number of hydrogen-bond donors (Lipinski definition) is 2. The third kappa shape index (κ3) is 3.98. The fraction of sp³-hybridized carbons (Fsp3) is 0.500. The van der Waals surface area contributed by atoms with Gasteiger partial charge >= 0.3 is 0 Å². The molecule has 1 rings (SSSR count). The van der Waals surface area contributed by atoms with E-state index in [0.717, 1.165) is 0 Å². The zero-order valence-electron chi connectivity index (χ0n) is 10.0. The van der Waals surface area contributed by atoms with E-state index >= 15 is 0 Å². The molecule has 2 N–H and O–H groups in total. The molecule has 0 saturated heterocycles. The van der Waals surface area contributed by atoms with Gasteiger partial charge in [0.2, 0.25) is 0 Å². The Morgan fingerprint density at radius 3 is 2.71 bits per heavy atom. The minimum absolute atomic E-state index is 0.235. The molecular weight excluding hydrogens is 240 g/mol. The van der Waals surface area contributed by atoms with Crippen molar-refractivity contribution >= 4 is 17.5 Å². The Bertz CT molecular complexity index is 392. The zero-order valence-corrected chi connectivity index (χ0v) is 10.8. The second-order valence-corrected chi connectivity index (χ2v) is 4.37. The summed E-state index contributed by atoms with van der Waals surface area (Å²) in [5, 5.41) is 13.0. The van der Waals surface area contributed by atoms with Crippen molar-refractivity contribution in [3.8, 4) is 0 Å². The Balaban J connectivity index is 2.62. The van der Waals surface area contributed by atoms with Crippen LogP contribution in [0.2, 0.25) is 5.15 Å². The van der Waals surface area contributed by atoms with Gasteiger partial charge < -0.3 is 10.4 Å². The lowest BCUT2D eigenvalue weighted by Gasteiger charge is -2.25. The Morgan fingerprint density at radius 1 is 1.53 bits per heavy atom. The molecule has 0 aliphatic rings. The smallest absolute Gasteiger partial charge is 0.251 e. The lowest BCUT2D eigenvalue weighted by molar-refractivity contribution is 0.0314. The van der Waals surface area contributed by atoms with Crippen LogP contribution < -0.4 is 5.32 Å². The second-order valence-electron chi connectivity index (χ2n) is 3.98. The Kier molecular flexibility index (Phi) is 4.90. The fourth-order valence-corrected chi connectivity index (χ4v) is 1.56. The standard InChI is InChI=1S/C12H17ClN2O2/c1-3-12(17,4-2)8-15-11(16)9-5-6-14-10(13)7-9/h5-7,17H,3-4,8H2,1-2H3,(H,15,16). The molecule has 5 heteroatoms. The molecule has 0 radical (unpaired) electrons. The number of carbonyl (C=O) groups is 1. The summed E-state index contributed by atoms with van der Waals surface area (Å²) in [6.07, 6.45) is 2.67. The van der Waals surface area contributed by atoms with Crippen LogP contribution in [0.5, 0.6) is 0 Å². The van der Waals surface area contributed by atoms with Gasteiger partial charge in [-0.05, 0) is 25.0 Å². The molecule has 0 unspecified atom stereocenters. The number of amides is 1. The van der Waals surface area contributed by atoms with Crippen molar-refractivity contribution in [2.24, 2.45) is 0 Å². The maximum absolute atomic E-state index is 11.8. The van der Waals surface area contributed by atoms with Gasteiger partial charge in [0, 0.05) is 18.3 Å². The first-order valence-electron chi connectivity index (χ1n) is 5.63. The van der Waals surface area contributed by atoms with Crippen LogP contribution in [-0.4, -0.2) is 28.1 Å². The first-order chi connectivity index (χ1) is 8.00. The lowest BCUT2D eigenvalue weighted by atomic mass is 9.97. The molecule has 1 aromatic heterocycles. The Hall–Kier alpha value is -1.13. The molecule has 0 aliphatic heterocycles. The van der Waals surface area contributed by atoms with E-state index in [1.807, 2.05) is 13.8 Å². The van der Waals surface area contributed by atoms with E-state index in [-0.39, 0.29) is 17.6 Å². The Labute approximate surface area is 106 Å². The highest BCUT2D eigenvalue weighted by Gasteiger charge is 2.22. The van der Waals surface area contributed by atoms with Gasteiger partial charge in [0.15, 0.2) is 0 Å². The summed E-state index contributed by atoms with van der Waals surface area (Å²) in [7, 11) is 0. The van der Waals surface area contributed by atoms with Gasteiger partial charge in [-0.25, -0.2) is 4.98 Å². The molecule has 1 aromatic rings. The van der Waals surface area contributed by atoms with Crippen LogP contribution in [0.3, 0.4) is 0 Å². The third-order valence-corrected chi connectivity index (χ3v) is 3.09. The quantitative estimate of drug-likeness (QED) is 0.793. The van der Waals surface area contributed by atoms with Crippen LogP contribution in [0.25, 0.3) is 0 Å². The number of aliphatic hydroxyl groups is 1. The van der Waals surface area contributed by atoms with Crippen LogP contribution in [0, 0.1) is 0 Å². The molecule has 4 nitrogen and oxygen atoms in total. The SMILES string of the molecule is CCC(O)(CC)CNC(=O)c1ccnc(Cl)c1. The molecule has 0 fully saturated rings. The number of pyridine rings is 1. The number of nitrogens with one attached hydrogen (secondary N) is 1. The minimum atomic E-state index is -0.841. The maximum Gasteiger partial charge on any atom is 0.251 e. The number of carbonyl (C=O) groups excluding carboxylic acids is 1. The summed E-state index contributed by atoms with van der Waals surface area (Å²) < 4.78 is 0. The van der Waals surface area contributed by atoms with Gasteiger partial charge in [0.05, 0.1) is 5.60 Å². The van der Waals surface area contributed by atoms with Crippen molar-refractivity contribution in [2.75, 3.05) is 6.54 Å². The summed E-state index contributed by atoms with van der Waals surface area (Å²) in [6.45, 7) is 4.01. The van der Waals surface area contributed by atoms with E-state index in [2.05, 4.69) is 10.3 Å². The van der Waals surface area contributed by atoms with Gasteiger partial charge in [-0.1, -0.05) is 25.4 Å². The largest absolute Gasteiger partial charge is 0.388 e. The molecule has 1 heterocycles. The van der Waals surface area contributed by atoms with Gasteiger partial charge in [-0.2, -0.15) is 0 Å².